The first-order valence-corrected chi connectivity index (χ1v) is 7.91. The van der Waals surface area contributed by atoms with Gasteiger partial charge >= 0.3 is 0 Å². The SMILES string of the molecule is O=C(C=Cc1ccc(Cl)c(Cl)c1)NCC1CCCCC1O. The first-order chi connectivity index (χ1) is 10.1. The lowest BCUT2D eigenvalue weighted by Gasteiger charge is -2.27. The summed E-state index contributed by atoms with van der Waals surface area (Å²) in [6.07, 6.45) is 6.86. The minimum atomic E-state index is -0.293. The van der Waals surface area contributed by atoms with Crippen LogP contribution in [-0.2, 0) is 4.79 Å². The van der Waals surface area contributed by atoms with Crippen molar-refractivity contribution in [2.24, 2.45) is 5.92 Å². The predicted molar refractivity (Wildman–Crippen MR) is 86.5 cm³/mol. The lowest BCUT2D eigenvalue weighted by molar-refractivity contribution is -0.116. The van der Waals surface area contributed by atoms with Crippen molar-refractivity contribution in [3.05, 3.63) is 39.9 Å². The summed E-state index contributed by atoms with van der Waals surface area (Å²) in [6, 6.07) is 5.20. The van der Waals surface area contributed by atoms with Crippen LogP contribution in [0.4, 0.5) is 0 Å². The van der Waals surface area contributed by atoms with Gasteiger partial charge in [0.2, 0.25) is 5.91 Å². The molecular formula is C16H19Cl2NO2. The van der Waals surface area contributed by atoms with E-state index in [0.29, 0.717) is 16.6 Å². The number of benzene rings is 1. The zero-order chi connectivity index (χ0) is 15.2. The van der Waals surface area contributed by atoms with Gasteiger partial charge in [0.15, 0.2) is 0 Å². The number of aliphatic hydroxyl groups is 1. The molecule has 0 spiro atoms. The number of hydrogen-bond donors (Lipinski definition) is 2. The molecule has 2 N–H and O–H groups in total. The summed E-state index contributed by atoms with van der Waals surface area (Å²) in [5, 5.41) is 13.6. The Balaban J connectivity index is 1.83. The van der Waals surface area contributed by atoms with Gasteiger partial charge in [-0.1, -0.05) is 42.1 Å². The Kier molecular flexibility index (Phi) is 6.09. The average Bonchev–Trinajstić information content (AvgIpc) is 2.47. The van der Waals surface area contributed by atoms with E-state index in [1.807, 2.05) is 0 Å². The highest BCUT2D eigenvalue weighted by molar-refractivity contribution is 6.42. The van der Waals surface area contributed by atoms with Crippen LogP contribution in [-0.4, -0.2) is 23.7 Å². The second-order valence-corrected chi connectivity index (χ2v) is 6.18. The lowest BCUT2D eigenvalue weighted by Crippen LogP contribution is -2.36. The highest BCUT2D eigenvalue weighted by Crippen LogP contribution is 2.24. The zero-order valence-corrected chi connectivity index (χ0v) is 13.2. The van der Waals surface area contributed by atoms with E-state index in [1.54, 1.807) is 24.3 Å². The summed E-state index contributed by atoms with van der Waals surface area (Å²) in [6.45, 7) is 0.520. The van der Waals surface area contributed by atoms with Crippen LogP contribution in [0, 0.1) is 5.92 Å². The molecule has 1 amide bonds. The molecule has 2 rings (SSSR count). The molecule has 0 bridgehead atoms. The van der Waals surface area contributed by atoms with Crippen LogP contribution in [0.1, 0.15) is 31.2 Å². The Hall–Kier alpha value is -1.03. The topological polar surface area (TPSA) is 49.3 Å². The highest BCUT2D eigenvalue weighted by Gasteiger charge is 2.22. The third-order valence-corrected chi connectivity index (χ3v) is 4.52. The first-order valence-electron chi connectivity index (χ1n) is 7.15. The van der Waals surface area contributed by atoms with Crippen molar-refractivity contribution in [3.8, 4) is 0 Å². The lowest BCUT2D eigenvalue weighted by atomic mass is 9.86. The summed E-state index contributed by atoms with van der Waals surface area (Å²) >= 11 is 11.7. The van der Waals surface area contributed by atoms with E-state index in [0.717, 1.165) is 31.2 Å². The van der Waals surface area contributed by atoms with Gasteiger partial charge in [0, 0.05) is 18.5 Å². The Morgan fingerprint density at radius 3 is 2.76 bits per heavy atom. The van der Waals surface area contributed by atoms with Gasteiger partial charge in [-0.2, -0.15) is 0 Å². The summed E-state index contributed by atoms with van der Waals surface area (Å²) < 4.78 is 0. The van der Waals surface area contributed by atoms with Crippen molar-refractivity contribution in [3.63, 3.8) is 0 Å². The Labute approximate surface area is 134 Å². The number of halogens is 2. The van der Waals surface area contributed by atoms with Crippen molar-refractivity contribution < 1.29 is 9.90 Å². The van der Waals surface area contributed by atoms with E-state index in [1.165, 1.54) is 6.08 Å². The van der Waals surface area contributed by atoms with Gasteiger partial charge in [0.05, 0.1) is 16.1 Å². The largest absolute Gasteiger partial charge is 0.393 e. The van der Waals surface area contributed by atoms with Crippen molar-refractivity contribution in [1.29, 1.82) is 0 Å². The molecule has 0 saturated heterocycles. The van der Waals surface area contributed by atoms with Gasteiger partial charge in [0.1, 0.15) is 0 Å². The summed E-state index contributed by atoms with van der Waals surface area (Å²) in [5.74, 6) is -0.0000720. The number of carbonyl (C=O) groups is 1. The van der Waals surface area contributed by atoms with E-state index < -0.39 is 0 Å². The van der Waals surface area contributed by atoms with Crippen LogP contribution in [0.3, 0.4) is 0 Å². The monoisotopic (exact) mass is 327 g/mol. The van der Waals surface area contributed by atoms with Crippen LogP contribution in [0.2, 0.25) is 10.0 Å². The maximum atomic E-state index is 11.8. The molecule has 0 aromatic heterocycles. The maximum Gasteiger partial charge on any atom is 0.244 e. The molecule has 1 aromatic rings. The zero-order valence-electron chi connectivity index (χ0n) is 11.7. The molecule has 1 aromatic carbocycles. The van der Waals surface area contributed by atoms with Crippen molar-refractivity contribution >= 4 is 35.2 Å². The minimum Gasteiger partial charge on any atom is -0.393 e. The first kappa shape index (κ1) is 16.3. The van der Waals surface area contributed by atoms with Gasteiger partial charge in [-0.3, -0.25) is 4.79 Å². The molecule has 1 saturated carbocycles. The van der Waals surface area contributed by atoms with Crippen LogP contribution < -0.4 is 5.32 Å². The molecule has 2 atom stereocenters. The number of amides is 1. The number of carbonyl (C=O) groups excluding carboxylic acids is 1. The molecule has 1 aliphatic carbocycles. The summed E-state index contributed by atoms with van der Waals surface area (Å²) in [4.78, 5) is 11.8. The number of nitrogens with one attached hydrogen (secondary N) is 1. The smallest absolute Gasteiger partial charge is 0.244 e. The molecule has 0 heterocycles. The molecule has 21 heavy (non-hydrogen) atoms. The number of hydrogen-bond acceptors (Lipinski definition) is 2. The van der Waals surface area contributed by atoms with E-state index in [4.69, 9.17) is 23.2 Å². The van der Waals surface area contributed by atoms with Crippen LogP contribution >= 0.6 is 23.2 Å². The van der Waals surface area contributed by atoms with E-state index >= 15 is 0 Å². The van der Waals surface area contributed by atoms with Gasteiger partial charge in [0.25, 0.3) is 0 Å². The van der Waals surface area contributed by atoms with Crippen LogP contribution in [0.15, 0.2) is 24.3 Å². The predicted octanol–water partition coefficient (Wildman–Crippen LogP) is 3.67. The molecular weight excluding hydrogens is 309 g/mol. The second kappa shape index (κ2) is 7.83. The van der Waals surface area contributed by atoms with Crippen molar-refractivity contribution in [1.82, 2.24) is 5.32 Å². The van der Waals surface area contributed by atoms with Gasteiger partial charge in [-0.25, -0.2) is 0 Å². The Morgan fingerprint density at radius 2 is 2.05 bits per heavy atom. The standard InChI is InChI=1S/C16H19Cl2NO2/c17-13-7-5-11(9-14(13)18)6-8-16(21)19-10-12-3-1-2-4-15(12)20/h5-9,12,15,20H,1-4,10H2,(H,19,21). The molecule has 114 valence electrons. The number of aliphatic hydroxyl groups excluding tert-OH is 1. The molecule has 3 nitrogen and oxygen atoms in total. The maximum absolute atomic E-state index is 11.8. The van der Waals surface area contributed by atoms with Crippen molar-refractivity contribution in [2.45, 2.75) is 31.8 Å². The van der Waals surface area contributed by atoms with E-state index in [-0.39, 0.29) is 17.9 Å². The fraction of sp³-hybridized carbons (Fsp3) is 0.438. The van der Waals surface area contributed by atoms with E-state index in [2.05, 4.69) is 5.32 Å². The van der Waals surface area contributed by atoms with E-state index in [9.17, 15) is 9.90 Å². The molecule has 0 radical (unpaired) electrons. The molecule has 5 heteroatoms. The average molecular weight is 328 g/mol. The molecule has 1 fully saturated rings. The summed E-state index contributed by atoms with van der Waals surface area (Å²) in [5.41, 5.74) is 0.817. The van der Waals surface area contributed by atoms with Gasteiger partial charge in [-0.15, -0.1) is 0 Å². The second-order valence-electron chi connectivity index (χ2n) is 5.36. The Morgan fingerprint density at radius 1 is 1.29 bits per heavy atom. The fourth-order valence-electron chi connectivity index (χ4n) is 2.50. The number of rotatable bonds is 4. The van der Waals surface area contributed by atoms with Crippen LogP contribution in [0.25, 0.3) is 6.08 Å². The van der Waals surface area contributed by atoms with Crippen LogP contribution in [0.5, 0.6) is 0 Å². The summed E-state index contributed by atoms with van der Waals surface area (Å²) in [7, 11) is 0. The van der Waals surface area contributed by atoms with Crippen molar-refractivity contribution in [2.75, 3.05) is 6.54 Å². The molecule has 2 unspecified atom stereocenters. The minimum absolute atomic E-state index is 0.168. The fourth-order valence-corrected chi connectivity index (χ4v) is 2.81. The quantitative estimate of drug-likeness (QED) is 0.829. The molecule has 1 aliphatic rings. The highest BCUT2D eigenvalue weighted by atomic mass is 35.5. The third kappa shape index (κ3) is 5.03. The van der Waals surface area contributed by atoms with Gasteiger partial charge < -0.3 is 10.4 Å². The normalized spacial score (nSPS) is 22.4. The Bertz CT molecular complexity index is 531. The van der Waals surface area contributed by atoms with Gasteiger partial charge in [-0.05, 0) is 36.6 Å². The molecule has 0 aliphatic heterocycles. The third-order valence-electron chi connectivity index (χ3n) is 3.78.